The lowest BCUT2D eigenvalue weighted by Crippen LogP contribution is -2.43. The first-order chi connectivity index (χ1) is 34.4. The number of ether oxygens (including phenoxy) is 4. The number of carbonyl (C=O) groups is 4. The quantitative estimate of drug-likeness (QED) is 0.0923. The number of phenols is 4. The predicted octanol–water partition coefficient (Wildman–Crippen LogP) is 7.02. The van der Waals surface area contributed by atoms with Gasteiger partial charge in [-0.05, 0) is 27.7 Å². The van der Waals surface area contributed by atoms with E-state index in [2.05, 4.69) is 0 Å². The van der Waals surface area contributed by atoms with E-state index in [0.717, 1.165) is 22.3 Å². The minimum atomic E-state index is -0.894. The Morgan fingerprint density at radius 2 is 0.514 bits per heavy atom. The van der Waals surface area contributed by atoms with Gasteiger partial charge in [0.25, 0.3) is 0 Å². The third-order valence-corrected chi connectivity index (χ3v) is 18.1. The van der Waals surface area contributed by atoms with Gasteiger partial charge in [0.15, 0.2) is 0 Å². The van der Waals surface area contributed by atoms with Crippen molar-refractivity contribution in [3.05, 3.63) is 115 Å². The Morgan fingerprint density at radius 3 is 0.653 bits per heavy atom. The standard InChI is InChI=1S/C52H64N4O12S4/c1-29-9-33-17-53-21-37-13-31(3)15-39(47(37)59)23-55-19-35-11-30(2)12-36(46(35)58)20-56(44(52(64)68-8)28-72-71-27-43(55)51(63)67-7)24-40-16-32(4)14-38(48(40)60)22-54(18-34(10-29)45(33)57)42(50(62)66-6)26-70-69-25-41(53)49(61)65-5/h9-16,41-44,57-60H,17-28H2,1-8H3/t41-,42-,43?,44?/m0/s1. The maximum atomic E-state index is 14.0. The third-order valence-electron chi connectivity index (χ3n) is 13.4. The van der Waals surface area contributed by atoms with Gasteiger partial charge in [0.05, 0.1) is 28.4 Å². The van der Waals surface area contributed by atoms with Crippen LogP contribution in [0.5, 0.6) is 23.0 Å². The molecule has 0 aromatic heterocycles. The van der Waals surface area contributed by atoms with Crippen LogP contribution >= 0.6 is 43.2 Å². The van der Waals surface area contributed by atoms with E-state index in [1.165, 1.54) is 71.6 Å². The van der Waals surface area contributed by atoms with Gasteiger partial charge >= 0.3 is 23.9 Å². The number of hydrogen-bond donors (Lipinski definition) is 4. The fourth-order valence-corrected chi connectivity index (χ4v) is 14.8. The molecule has 20 heteroatoms. The van der Waals surface area contributed by atoms with Crippen molar-refractivity contribution >= 4 is 67.1 Å². The van der Waals surface area contributed by atoms with Crippen molar-refractivity contribution in [3.8, 4) is 23.0 Å². The van der Waals surface area contributed by atoms with E-state index in [9.17, 15) is 39.6 Å². The maximum absolute atomic E-state index is 14.0. The monoisotopic (exact) mass is 1060 g/mol. The summed E-state index contributed by atoms with van der Waals surface area (Å²) in [5, 5.41) is 49.5. The molecule has 4 aromatic carbocycles. The molecule has 0 saturated carbocycles. The molecule has 16 nitrogen and oxygen atoms in total. The average Bonchev–Trinajstić information content (AvgIpc) is 3.35. The molecule has 0 amide bonds. The Bertz CT molecular complexity index is 2330. The second-order valence-corrected chi connectivity index (χ2v) is 23.7. The van der Waals surface area contributed by atoms with E-state index >= 15 is 0 Å². The van der Waals surface area contributed by atoms with Crippen LogP contribution in [0.2, 0.25) is 0 Å². The molecule has 3 heterocycles. The summed E-state index contributed by atoms with van der Waals surface area (Å²) in [6, 6.07) is 11.2. The van der Waals surface area contributed by atoms with Crippen LogP contribution in [-0.4, -0.2) is 140 Å². The number of carbonyl (C=O) groups excluding carboxylic acids is 4. The Morgan fingerprint density at radius 1 is 0.361 bits per heavy atom. The van der Waals surface area contributed by atoms with Crippen LogP contribution in [0, 0.1) is 27.7 Å². The number of fused-ring (bicyclic) bond motifs is 8. The van der Waals surface area contributed by atoms with Crippen molar-refractivity contribution in [1.82, 2.24) is 19.6 Å². The summed E-state index contributed by atoms with van der Waals surface area (Å²) in [6.07, 6.45) is 0. The van der Waals surface area contributed by atoms with Crippen molar-refractivity contribution < 1.29 is 58.6 Å². The molecule has 12 bridgehead atoms. The first-order valence-electron chi connectivity index (χ1n) is 23.4. The molecule has 3 aliphatic rings. The molecule has 6 unspecified atom stereocenters. The van der Waals surface area contributed by atoms with Crippen LogP contribution in [0.4, 0.5) is 0 Å². The summed E-state index contributed by atoms with van der Waals surface area (Å²) in [6.45, 7) is 7.96. The number of methoxy groups -OCH3 is 4. The highest BCUT2D eigenvalue weighted by molar-refractivity contribution is 8.77. The lowest BCUT2D eigenvalue weighted by Gasteiger charge is -2.32. The molecule has 7 rings (SSSR count). The van der Waals surface area contributed by atoms with Gasteiger partial charge in [-0.15, -0.1) is 0 Å². The van der Waals surface area contributed by atoms with E-state index < -0.39 is 48.0 Å². The number of nitrogens with zero attached hydrogens (tertiary/aromatic N) is 4. The van der Waals surface area contributed by atoms with Gasteiger partial charge in [0, 0.05) is 120 Å². The van der Waals surface area contributed by atoms with Crippen molar-refractivity contribution in [2.45, 2.75) is 104 Å². The molecule has 3 aliphatic heterocycles. The molecule has 4 aromatic rings. The molecular weight excluding hydrogens is 1000 g/mol. The molecule has 72 heavy (non-hydrogen) atoms. The number of esters is 4. The van der Waals surface area contributed by atoms with Crippen LogP contribution in [0.3, 0.4) is 0 Å². The average molecular weight is 1070 g/mol. The van der Waals surface area contributed by atoms with Crippen molar-refractivity contribution in [2.75, 3.05) is 51.5 Å². The number of phenolic OH excluding ortho intramolecular Hbond substituents is 4. The van der Waals surface area contributed by atoms with Crippen LogP contribution in [0.15, 0.2) is 48.5 Å². The van der Waals surface area contributed by atoms with E-state index in [0.29, 0.717) is 44.5 Å². The predicted molar refractivity (Wildman–Crippen MR) is 281 cm³/mol. The van der Waals surface area contributed by atoms with Gasteiger partial charge < -0.3 is 39.4 Å². The first kappa shape index (κ1) is 55.0. The molecule has 8 atom stereocenters. The second-order valence-electron chi connectivity index (χ2n) is 18.6. The van der Waals surface area contributed by atoms with E-state index in [-0.39, 0.29) is 98.4 Å². The third kappa shape index (κ3) is 12.7. The molecule has 4 N–H and O–H groups in total. The first-order valence-corrected chi connectivity index (χ1v) is 28.4. The Balaban J connectivity index is 1.51. The highest BCUT2D eigenvalue weighted by Crippen LogP contribution is 2.39. The Hall–Kier alpha value is -4.80. The topological polar surface area (TPSA) is 199 Å². The SMILES string of the molecule is COC(=O)C1CSSCC(C(=O)OC)N2Cc3cc(C)cc(c3O)CN1Cc1cc(C)cc(c1O)CN1Cc3cc(C)cc(c3O)CN(Cc3cc(C)cc(c3O)C2)[C@H](C(=O)OC)CSSC[C@H]1C(=O)OC. The molecule has 388 valence electrons. The van der Waals surface area contributed by atoms with Gasteiger partial charge in [0.2, 0.25) is 0 Å². The van der Waals surface area contributed by atoms with Crippen LogP contribution in [-0.2, 0) is 90.5 Å². The van der Waals surface area contributed by atoms with Gasteiger partial charge in [-0.25, -0.2) is 0 Å². The fraction of sp³-hybridized carbons (Fsp3) is 0.462. The fourth-order valence-electron chi connectivity index (χ4n) is 9.84. The molecule has 0 fully saturated rings. The summed E-state index contributed by atoms with van der Waals surface area (Å²) in [5.41, 5.74) is 7.14. The molecule has 0 aliphatic carbocycles. The summed E-state index contributed by atoms with van der Waals surface area (Å²) < 4.78 is 21.7. The maximum Gasteiger partial charge on any atom is 0.323 e. The van der Waals surface area contributed by atoms with E-state index in [4.69, 9.17) is 18.9 Å². The van der Waals surface area contributed by atoms with Gasteiger partial charge in [0.1, 0.15) is 47.2 Å². The molecule has 0 saturated heterocycles. The zero-order valence-corrected chi connectivity index (χ0v) is 45.2. The number of hydrogen-bond acceptors (Lipinski definition) is 20. The van der Waals surface area contributed by atoms with Gasteiger partial charge in [-0.3, -0.25) is 38.8 Å². The van der Waals surface area contributed by atoms with Crippen molar-refractivity contribution in [1.29, 1.82) is 0 Å². The highest BCUT2D eigenvalue weighted by atomic mass is 33.1. The zero-order valence-electron chi connectivity index (χ0n) is 41.9. The molecule has 0 spiro atoms. The van der Waals surface area contributed by atoms with Crippen molar-refractivity contribution in [3.63, 3.8) is 0 Å². The smallest absolute Gasteiger partial charge is 0.323 e. The summed E-state index contributed by atoms with van der Waals surface area (Å²) in [7, 11) is 10.8. The summed E-state index contributed by atoms with van der Waals surface area (Å²) in [5.74, 6) is -1.55. The van der Waals surface area contributed by atoms with Crippen LogP contribution < -0.4 is 0 Å². The number of aryl methyl sites for hydroxylation is 4. The second kappa shape index (κ2) is 24.5. The lowest BCUT2D eigenvalue weighted by molar-refractivity contribution is -0.147. The van der Waals surface area contributed by atoms with E-state index in [1.54, 1.807) is 0 Å². The Kier molecular flexibility index (Phi) is 18.7. The molecule has 0 radical (unpaired) electrons. The molecular formula is C52H64N4O12S4. The van der Waals surface area contributed by atoms with Gasteiger partial charge in [-0.2, -0.15) is 0 Å². The summed E-state index contributed by atoms with van der Waals surface area (Å²) in [4.78, 5) is 63.3. The minimum absolute atomic E-state index is 0.0346. The lowest BCUT2D eigenvalue weighted by atomic mass is 9.98. The van der Waals surface area contributed by atoms with Crippen LogP contribution in [0.25, 0.3) is 0 Å². The normalized spacial score (nSPS) is 24.2. The largest absolute Gasteiger partial charge is 0.507 e. The summed E-state index contributed by atoms with van der Waals surface area (Å²) >= 11 is 0. The number of benzene rings is 4. The van der Waals surface area contributed by atoms with Crippen LogP contribution in [0.1, 0.15) is 66.8 Å². The zero-order chi connectivity index (χ0) is 52.0. The Labute approximate surface area is 436 Å². The van der Waals surface area contributed by atoms with E-state index in [1.807, 2.05) is 95.8 Å². The number of rotatable bonds is 4. The van der Waals surface area contributed by atoms with Crippen molar-refractivity contribution in [2.24, 2.45) is 0 Å². The van der Waals surface area contributed by atoms with Gasteiger partial charge in [-0.1, -0.05) is 114 Å². The number of aromatic hydroxyl groups is 4. The minimum Gasteiger partial charge on any atom is -0.507 e. The highest BCUT2D eigenvalue weighted by Gasteiger charge is 2.37.